The van der Waals surface area contributed by atoms with Gasteiger partial charge in [-0.25, -0.2) is 8.78 Å². The third-order valence-corrected chi connectivity index (χ3v) is 3.64. The van der Waals surface area contributed by atoms with Crippen LogP contribution >= 0.6 is 15.9 Å². The van der Waals surface area contributed by atoms with Crippen LogP contribution in [0.2, 0.25) is 0 Å². The molecule has 1 aromatic rings. The molecule has 0 aliphatic carbocycles. The molecule has 1 heterocycles. The van der Waals surface area contributed by atoms with Gasteiger partial charge in [0.1, 0.15) is 17.3 Å². The van der Waals surface area contributed by atoms with Crippen molar-refractivity contribution < 1.29 is 18.4 Å². The molecule has 2 rings (SSSR count). The number of anilines is 1. The van der Waals surface area contributed by atoms with Gasteiger partial charge in [-0.3, -0.25) is 14.5 Å². The van der Waals surface area contributed by atoms with Gasteiger partial charge in [-0.05, 0) is 32.9 Å². The van der Waals surface area contributed by atoms with Crippen molar-refractivity contribution in [2.24, 2.45) is 0 Å². The van der Waals surface area contributed by atoms with Crippen molar-refractivity contribution in [1.82, 2.24) is 5.32 Å². The molecule has 20 heavy (non-hydrogen) atoms. The Kier molecular flexibility index (Phi) is 3.58. The van der Waals surface area contributed by atoms with Crippen LogP contribution in [0.5, 0.6) is 0 Å². The van der Waals surface area contributed by atoms with E-state index in [1.165, 1.54) is 20.8 Å². The summed E-state index contributed by atoms with van der Waals surface area (Å²) in [5, 5.41) is 2.52. The fourth-order valence-corrected chi connectivity index (χ4v) is 2.52. The highest BCUT2D eigenvalue weighted by atomic mass is 79.9. The number of rotatable bonds is 1. The van der Waals surface area contributed by atoms with Gasteiger partial charge in [-0.15, -0.1) is 0 Å². The first-order chi connectivity index (χ1) is 9.15. The largest absolute Gasteiger partial charge is 0.340 e. The Morgan fingerprint density at radius 1 is 1.25 bits per heavy atom. The van der Waals surface area contributed by atoms with Crippen molar-refractivity contribution >= 4 is 33.4 Å². The van der Waals surface area contributed by atoms with Crippen LogP contribution in [-0.4, -0.2) is 23.4 Å². The molecule has 1 N–H and O–H groups in total. The maximum atomic E-state index is 14.0. The molecule has 1 aromatic carbocycles. The molecule has 0 spiro atoms. The minimum Gasteiger partial charge on any atom is -0.340 e. The minimum atomic E-state index is -1.21. The molecule has 0 saturated carbocycles. The van der Waals surface area contributed by atoms with Gasteiger partial charge < -0.3 is 5.32 Å². The first-order valence-electron chi connectivity index (χ1n) is 5.95. The Hall–Kier alpha value is -1.50. The predicted molar refractivity (Wildman–Crippen MR) is 73.2 cm³/mol. The molecule has 2 amide bonds. The van der Waals surface area contributed by atoms with Crippen molar-refractivity contribution in [2.45, 2.75) is 32.4 Å². The van der Waals surface area contributed by atoms with E-state index in [0.717, 1.165) is 17.0 Å². The number of hydrogen-bond donors (Lipinski definition) is 1. The number of carbonyl (C=O) groups excluding carboxylic acids is 2. The Balaban J connectivity index is 2.60. The van der Waals surface area contributed by atoms with Crippen LogP contribution in [0.4, 0.5) is 14.5 Å². The molecule has 1 fully saturated rings. The number of amides is 2. The standard InChI is InChI=1S/C13H13BrF2N2O2/c1-6-11(19)17-13(2,3)12(20)18(6)10-8(15)4-7(14)5-9(10)16/h4-6H,1-3H3,(H,17,19). The first kappa shape index (κ1) is 14.9. The van der Waals surface area contributed by atoms with E-state index in [0.29, 0.717) is 0 Å². The Morgan fingerprint density at radius 3 is 2.25 bits per heavy atom. The first-order valence-corrected chi connectivity index (χ1v) is 6.74. The summed E-state index contributed by atoms with van der Waals surface area (Å²) in [6, 6.07) is 1.12. The summed E-state index contributed by atoms with van der Waals surface area (Å²) in [5.41, 5.74) is -1.72. The van der Waals surface area contributed by atoms with E-state index in [4.69, 9.17) is 0 Å². The Bertz CT molecular complexity index is 581. The molecule has 1 aliphatic heterocycles. The summed E-state index contributed by atoms with van der Waals surface area (Å²) in [4.78, 5) is 25.1. The highest BCUT2D eigenvalue weighted by Gasteiger charge is 2.45. The fourth-order valence-electron chi connectivity index (χ4n) is 2.12. The van der Waals surface area contributed by atoms with Crippen LogP contribution in [0.3, 0.4) is 0 Å². The molecule has 4 nitrogen and oxygen atoms in total. The fraction of sp³-hybridized carbons (Fsp3) is 0.385. The van der Waals surface area contributed by atoms with E-state index in [-0.39, 0.29) is 4.47 Å². The quantitative estimate of drug-likeness (QED) is 0.848. The maximum Gasteiger partial charge on any atom is 0.253 e. The van der Waals surface area contributed by atoms with Crippen molar-refractivity contribution in [1.29, 1.82) is 0 Å². The molecule has 1 unspecified atom stereocenters. The van der Waals surface area contributed by atoms with Crippen LogP contribution in [0, 0.1) is 11.6 Å². The lowest BCUT2D eigenvalue weighted by atomic mass is 9.96. The number of carbonyl (C=O) groups is 2. The average Bonchev–Trinajstić information content (AvgIpc) is 2.29. The monoisotopic (exact) mass is 346 g/mol. The molecular weight excluding hydrogens is 334 g/mol. The van der Waals surface area contributed by atoms with Gasteiger partial charge in [0.2, 0.25) is 5.91 Å². The van der Waals surface area contributed by atoms with Crippen molar-refractivity contribution in [2.75, 3.05) is 4.90 Å². The van der Waals surface area contributed by atoms with Crippen LogP contribution in [0.1, 0.15) is 20.8 Å². The summed E-state index contributed by atoms with van der Waals surface area (Å²) in [6.45, 7) is 4.39. The lowest BCUT2D eigenvalue weighted by Gasteiger charge is -2.41. The van der Waals surface area contributed by atoms with Gasteiger partial charge in [0.15, 0.2) is 11.6 Å². The van der Waals surface area contributed by atoms with Gasteiger partial charge >= 0.3 is 0 Å². The molecule has 1 saturated heterocycles. The second kappa shape index (κ2) is 4.80. The Labute approximate surface area is 123 Å². The summed E-state index contributed by atoms with van der Waals surface area (Å²) in [5.74, 6) is -2.83. The lowest BCUT2D eigenvalue weighted by molar-refractivity contribution is -0.136. The van der Waals surface area contributed by atoms with E-state index in [1.807, 2.05) is 0 Å². The molecule has 0 radical (unpaired) electrons. The summed E-state index contributed by atoms with van der Waals surface area (Å²) in [7, 11) is 0. The van der Waals surface area contributed by atoms with Gasteiger partial charge in [-0.2, -0.15) is 0 Å². The zero-order valence-corrected chi connectivity index (χ0v) is 12.7. The van der Waals surface area contributed by atoms with Gasteiger partial charge in [0, 0.05) is 4.47 Å². The average molecular weight is 347 g/mol. The van der Waals surface area contributed by atoms with Crippen molar-refractivity contribution in [3.63, 3.8) is 0 Å². The smallest absolute Gasteiger partial charge is 0.253 e. The van der Waals surface area contributed by atoms with E-state index in [1.54, 1.807) is 0 Å². The molecule has 108 valence electrons. The molecule has 1 atom stereocenters. The second-order valence-electron chi connectivity index (χ2n) is 5.18. The minimum absolute atomic E-state index is 0.220. The third kappa shape index (κ3) is 2.30. The number of piperazine rings is 1. The van der Waals surface area contributed by atoms with Crippen LogP contribution < -0.4 is 10.2 Å². The van der Waals surface area contributed by atoms with E-state index < -0.39 is 40.7 Å². The van der Waals surface area contributed by atoms with Crippen molar-refractivity contribution in [3.8, 4) is 0 Å². The molecular formula is C13H13BrF2N2O2. The number of hydrogen-bond acceptors (Lipinski definition) is 2. The number of nitrogens with zero attached hydrogens (tertiary/aromatic N) is 1. The molecule has 7 heteroatoms. The van der Waals surface area contributed by atoms with Crippen LogP contribution in [-0.2, 0) is 9.59 Å². The SMILES string of the molecule is CC1C(=O)NC(C)(C)C(=O)N1c1c(F)cc(Br)cc1F. The summed E-state index contributed by atoms with van der Waals surface area (Å²) >= 11 is 2.97. The molecule has 0 aromatic heterocycles. The maximum absolute atomic E-state index is 14.0. The van der Waals surface area contributed by atoms with Crippen LogP contribution in [0.15, 0.2) is 16.6 Å². The highest BCUT2D eigenvalue weighted by Crippen LogP contribution is 2.32. The zero-order chi connectivity index (χ0) is 15.2. The topological polar surface area (TPSA) is 49.4 Å². The highest BCUT2D eigenvalue weighted by molar-refractivity contribution is 9.10. The Morgan fingerprint density at radius 2 is 1.75 bits per heavy atom. The van der Waals surface area contributed by atoms with E-state index >= 15 is 0 Å². The summed E-state index contributed by atoms with van der Waals surface area (Å²) in [6.07, 6.45) is 0. The molecule has 0 bridgehead atoms. The lowest BCUT2D eigenvalue weighted by Crippen LogP contribution is -2.68. The summed E-state index contributed by atoms with van der Waals surface area (Å²) < 4.78 is 28.3. The predicted octanol–water partition coefficient (Wildman–Crippen LogP) is 2.36. The normalized spacial score (nSPS) is 21.9. The number of halogens is 3. The van der Waals surface area contributed by atoms with Gasteiger partial charge in [0.05, 0.1) is 0 Å². The van der Waals surface area contributed by atoms with Crippen molar-refractivity contribution in [3.05, 3.63) is 28.2 Å². The zero-order valence-electron chi connectivity index (χ0n) is 11.1. The molecule has 1 aliphatic rings. The van der Waals surface area contributed by atoms with E-state index in [2.05, 4.69) is 21.2 Å². The third-order valence-electron chi connectivity index (χ3n) is 3.18. The number of benzene rings is 1. The number of nitrogens with one attached hydrogen (secondary N) is 1. The van der Waals surface area contributed by atoms with Gasteiger partial charge in [0.25, 0.3) is 5.91 Å². The van der Waals surface area contributed by atoms with Crippen LogP contribution in [0.25, 0.3) is 0 Å². The second-order valence-corrected chi connectivity index (χ2v) is 6.10. The van der Waals surface area contributed by atoms with E-state index in [9.17, 15) is 18.4 Å². The van der Waals surface area contributed by atoms with Gasteiger partial charge in [-0.1, -0.05) is 15.9 Å².